The summed E-state index contributed by atoms with van der Waals surface area (Å²) in [6, 6.07) is 14.0. The van der Waals surface area contributed by atoms with Gasteiger partial charge in [-0.2, -0.15) is 0 Å². The zero-order valence-corrected chi connectivity index (χ0v) is 26.2. The number of anilines is 2. The number of halogens is 3. The number of rotatable bonds is 10. The second-order valence-corrected chi connectivity index (χ2v) is 10.8. The van der Waals surface area contributed by atoms with Gasteiger partial charge in [-0.05, 0) is 70.9 Å². The summed E-state index contributed by atoms with van der Waals surface area (Å²) in [4.78, 5) is 42.6. The fourth-order valence-corrected chi connectivity index (χ4v) is 4.92. The van der Waals surface area contributed by atoms with Gasteiger partial charge in [0.2, 0.25) is 17.7 Å². The van der Waals surface area contributed by atoms with Gasteiger partial charge in [-0.1, -0.05) is 42.3 Å². The maximum atomic E-state index is 12.9. The molecule has 0 unspecified atom stereocenters. The van der Waals surface area contributed by atoms with E-state index in [-0.39, 0.29) is 30.0 Å². The molecule has 2 heterocycles. The molecule has 12 heteroatoms. The second kappa shape index (κ2) is 13.9. The molecule has 2 aromatic carbocycles. The Kier molecular flexibility index (Phi) is 10.3. The third kappa shape index (κ3) is 7.31. The van der Waals surface area contributed by atoms with Crippen LogP contribution in [0.3, 0.4) is 0 Å². The number of carbonyl (C=O) groups excluding carboxylic acids is 3. The van der Waals surface area contributed by atoms with Crippen molar-refractivity contribution in [2.24, 2.45) is 0 Å². The number of hydrogen-bond donors (Lipinski definition) is 2. The molecule has 0 radical (unpaired) electrons. The number of nitrogens with zero attached hydrogens (tertiary/aromatic N) is 3. The van der Waals surface area contributed by atoms with Crippen LogP contribution in [0.15, 0.2) is 65.4 Å². The quantitative estimate of drug-likeness (QED) is 0.189. The number of nitrogens with one attached hydrogen (secondary N) is 2. The first kappa shape index (κ1) is 31.1. The van der Waals surface area contributed by atoms with Gasteiger partial charge in [0, 0.05) is 42.0 Å². The maximum absolute atomic E-state index is 12.9. The largest absolute Gasteiger partial charge is 0.485 e. The van der Waals surface area contributed by atoms with Crippen molar-refractivity contribution in [3.8, 4) is 5.75 Å². The average molecular weight is 673 g/mol. The molecule has 0 fully saturated rings. The summed E-state index contributed by atoms with van der Waals surface area (Å²) in [5.41, 5.74) is 3.82. The number of pyridine rings is 1. The Morgan fingerprint density at radius 3 is 2.57 bits per heavy atom. The van der Waals surface area contributed by atoms with E-state index in [1.165, 1.54) is 11.0 Å². The van der Waals surface area contributed by atoms with Crippen LogP contribution in [-0.4, -0.2) is 40.7 Å². The van der Waals surface area contributed by atoms with Crippen LogP contribution in [0.25, 0.3) is 11.7 Å². The highest BCUT2D eigenvalue weighted by atomic mass is 79.9. The van der Waals surface area contributed by atoms with E-state index >= 15 is 0 Å². The van der Waals surface area contributed by atoms with Crippen molar-refractivity contribution in [1.82, 2.24) is 14.7 Å². The lowest BCUT2D eigenvalue weighted by Crippen LogP contribution is -2.37. The van der Waals surface area contributed by atoms with E-state index in [2.05, 4.69) is 31.5 Å². The minimum absolute atomic E-state index is 0.0459. The highest BCUT2D eigenvalue weighted by Crippen LogP contribution is 2.35. The fraction of sp³-hybridized carbons (Fsp3) is 0.200. The van der Waals surface area contributed by atoms with Crippen LogP contribution in [0.2, 0.25) is 10.0 Å². The molecular weight excluding hydrogens is 645 g/mol. The Bertz CT molecular complexity index is 1670. The van der Waals surface area contributed by atoms with E-state index < -0.39 is 5.91 Å². The van der Waals surface area contributed by atoms with Crippen LogP contribution in [-0.2, 0) is 21.0 Å². The first-order valence-corrected chi connectivity index (χ1v) is 14.5. The van der Waals surface area contributed by atoms with E-state index in [1.54, 1.807) is 62.5 Å². The predicted octanol–water partition coefficient (Wildman–Crippen LogP) is 6.43. The van der Waals surface area contributed by atoms with Gasteiger partial charge < -0.3 is 20.3 Å². The Labute approximate surface area is 261 Å². The molecule has 4 rings (SSSR count). The van der Waals surface area contributed by atoms with Crippen LogP contribution in [0, 0.1) is 6.92 Å². The topological polar surface area (TPSA) is 105 Å². The summed E-state index contributed by atoms with van der Waals surface area (Å²) in [5, 5.41) is 5.99. The SMILES string of the molecule is CCC(=O)Nc1ccc(C=CC(=O)NCC(=O)N(C)c2ccc(Cl)c(COc3cccn4c(Br)c(C)nc34)c2Cl)cc1. The van der Waals surface area contributed by atoms with Gasteiger partial charge >= 0.3 is 0 Å². The van der Waals surface area contributed by atoms with Gasteiger partial charge in [-0.15, -0.1) is 0 Å². The normalized spacial score (nSPS) is 11.1. The Hall–Kier alpha value is -3.86. The van der Waals surface area contributed by atoms with Gasteiger partial charge in [0.25, 0.3) is 0 Å². The number of carbonyl (C=O) groups is 3. The number of aromatic nitrogens is 2. The molecule has 0 bridgehead atoms. The molecule has 2 N–H and O–H groups in total. The molecule has 9 nitrogen and oxygen atoms in total. The number of ether oxygens (including phenoxy) is 1. The first-order chi connectivity index (χ1) is 20.1. The first-order valence-electron chi connectivity index (χ1n) is 12.9. The fourth-order valence-electron chi connectivity index (χ4n) is 3.94. The summed E-state index contributed by atoms with van der Waals surface area (Å²) in [6.45, 7) is 3.46. The van der Waals surface area contributed by atoms with Crippen molar-refractivity contribution in [1.29, 1.82) is 0 Å². The van der Waals surface area contributed by atoms with E-state index in [9.17, 15) is 14.4 Å². The smallest absolute Gasteiger partial charge is 0.246 e. The van der Waals surface area contributed by atoms with E-state index in [1.807, 2.05) is 23.6 Å². The third-order valence-corrected chi connectivity index (χ3v) is 8.08. The second-order valence-electron chi connectivity index (χ2n) is 9.23. The molecular formula is C30H28BrCl2N5O4. The minimum atomic E-state index is -0.438. The monoisotopic (exact) mass is 671 g/mol. The molecule has 0 aliphatic carbocycles. The molecule has 3 amide bonds. The number of benzene rings is 2. The van der Waals surface area contributed by atoms with E-state index in [0.29, 0.717) is 39.8 Å². The molecule has 0 saturated heterocycles. The lowest BCUT2D eigenvalue weighted by Gasteiger charge is -2.21. The highest BCUT2D eigenvalue weighted by Gasteiger charge is 2.20. The number of fused-ring (bicyclic) bond motifs is 1. The third-order valence-electron chi connectivity index (χ3n) is 6.34. The number of aryl methyl sites for hydroxylation is 1. The molecule has 0 atom stereocenters. The zero-order chi connectivity index (χ0) is 30.4. The highest BCUT2D eigenvalue weighted by molar-refractivity contribution is 9.10. The van der Waals surface area contributed by atoms with E-state index in [0.717, 1.165) is 15.9 Å². The van der Waals surface area contributed by atoms with Crippen molar-refractivity contribution in [2.75, 3.05) is 23.8 Å². The van der Waals surface area contributed by atoms with Crippen molar-refractivity contribution in [2.45, 2.75) is 26.9 Å². The van der Waals surface area contributed by atoms with Crippen LogP contribution < -0.4 is 20.3 Å². The number of hydrogen-bond acceptors (Lipinski definition) is 5. The zero-order valence-electron chi connectivity index (χ0n) is 23.1. The van der Waals surface area contributed by atoms with Crippen molar-refractivity contribution < 1.29 is 19.1 Å². The van der Waals surface area contributed by atoms with Gasteiger partial charge in [-0.3, -0.25) is 18.8 Å². The van der Waals surface area contributed by atoms with Crippen LogP contribution in [0.1, 0.15) is 30.2 Å². The molecule has 0 aliphatic rings. The molecule has 218 valence electrons. The standard InChI is InChI=1S/C30H28BrCl2N5O4/c1-4-25(39)36-20-10-7-19(8-11-20)9-14-26(40)34-16-27(41)37(3)23-13-12-22(32)21(28(23)33)17-42-24-6-5-15-38-29(31)18(2)35-30(24)38/h5-15H,4,16-17H2,1-3H3,(H,34,40)(H,36,39). The lowest BCUT2D eigenvalue weighted by molar-refractivity contribution is -0.122. The lowest BCUT2D eigenvalue weighted by atomic mass is 10.2. The van der Waals surface area contributed by atoms with Gasteiger partial charge in [-0.25, -0.2) is 4.98 Å². The molecule has 0 spiro atoms. The van der Waals surface area contributed by atoms with Gasteiger partial charge in [0.05, 0.1) is 22.9 Å². The van der Waals surface area contributed by atoms with Gasteiger partial charge in [0.1, 0.15) is 11.2 Å². The van der Waals surface area contributed by atoms with Crippen molar-refractivity contribution in [3.05, 3.63) is 92.3 Å². The Balaban J connectivity index is 1.37. The molecule has 0 aliphatic heterocycles. The molecule has 42 heavy (non-hydrogen) atoms. The predicted molar refractivity (Wildman–Crippen MR) is 169 cm³/mol. The summed E-state index contributed by atoms with van der Waals surface area (Å²) < 4.78 is 8.74. The van der Waals surface area contributed by atoms with Gasteiger partial charge in [0.15, 0.2) is 11.4 Å². The van der Waals surface area contributed by atoms with Crippen LogP contribution >= 0.6 is 39.1 Å². The maximum Gasteiger partial charge on any atom is 0.246 e. The summed E-state index contributed by atoms with van der Waals surface area (Å²) in [5.74, 6) is -0.357. The number of likely N-dealkylation sites (N-methyl/N-ethyl adjacent to an activating group) is 1. The summed E-state index contributed by atoms with van der Waals surface area (Å²) in [7, 11) is 1.56. The number of imidazole rings is 1. The average Bonchev–Trinajstić information content (AvgIpc) is 3.28. The van der Waals surface area contributed by atoms with Crippen molar-refractivity contribution in [3.63, 3.8) is 0 Å². The number of amides is 3. The van der Waals surface area contributed by atoms with E-state index in [4.69, 9.17) is 27.9 Å². The Morgan fingerprint density at radius 2 is 1.86 bits per heavy atom. The Morgan fingerprint density at radius 1 is 1.12 bits per heavy atom. The summed E-state index contributed by atoms with van der Waals surface area (Å²) >= 11 is 16.7. The summed E-state index contributed by atoms with van der Waals surface area (Å²) in [6.07, 6.45) is 5.20. The van der Waals surface area contributed by atoms with Crippen LogP contribution in [0.4, 0.5) is 11.4 Å². The molecule has 2 aromatic heterocycles. The minimum Gasteiger partial charge on any atom is -0.485 e. The van der Waals surface area contributed by atoms with Crippen molar-refractivity contribution >= 4 is 80.0 Å². The molecule has 4 aromatic rings. The molecule has 0 saturated carbocycles. The van der Waals surface area contributed by atoms with Crippen LogP contribution in [0.5, 0.6) is 5.75 Å².